The van der Waals surface area contributed by atoms with Gasteiger partial charge in [0.2, 0.25) is 5.91 Å². The summed E-state index contributed by atoms with van der Waals surface area (Å²) in [6.07, 6.45) is 6.80. The highest BCUT2D eigenvalue weighted by Gasteiger charge is 2.44. The predicted molar refractivity (Wildman–Crippen MR) is 98.6 cm³/mol. The molecule has 1 aromatic rings. The first-order valence-corrected chi connectivity index (χ1v) is 9.74. The van der Waals surface area contributed by atoms with Gasteiger partial charge < -0.3 is 9.64 Å². The molecule has 0 N–H and O–H groups in total. The first-order valence-electron chi connectivity index (χ1n) is 9.74. The van der Waals surface area contributed by atoms with E-state index in [1.165, 1.54) is 36.8 Å². The monoisotopic (exact) mass is 342 g/mol. The standard InChI is InChI=1S/C21H30N2O2/c1-16-13-19(25-2)6-3-17(16)14-22-11-9-21(10-12-22)8-7-20(24)23(15-21)18-4-5-18/h3,6,13,18H,4-5,7-12,14-15H2,1-2H3. The minimum Gasteiger partial charge on any atom is -0.497 e. The van der Waals surface area contributed by atoms with Gasteiger partial charge >= 0.3 is 0 Å². The summed E-state index contributed by atoms with van der Waals surface area (Å²) in [6.45, 7) is 6.52. The van der Waals surface area contributed by atoms with Crippen LogP contribution in [0.1, 0.15) is 49.7 Å². The van der Waals surface area contributed by atoms with Crippen molar-refractivity contribution >= 4 is 5.91 Å². The Balaban J connectivity index is 1.36. The fourth-order valence-corrected chi connectivity index (χ4v) is 4.57. The number of hydrogen-bond donors (Lipinski definition) is 0. The van der Waals surface area contributed by atoms with Crippen molar-refractivity contribution in [2.75, 3.05) is 26.7 Å². The molecule has 1 amide bonds. The van der Waals surface area contributed by atoms with E-state index in [9.17, 15) is 4.79 Å². The Hall–Kier alpha value is -1.55. The predicted octanol–water partition coefficient (Wildman–Crippen LogP) is 3.37. The Bertz CT molecular complexity index is 645. The fourth-order valence-electron chi connectivity index (χ4n) is 4.57. The number of nitrogens with zero attached hydrogens (tertiary/aromatic N) is 2. The number of carbonyl (C=O) groups is 1. The van der Waals surface area contributed by atoms with E-state index in [-0.39, 0.29) is 0 Å². The quantitative estimate of drug-likeness (QED) is 0.841. The Labute approximate surface area is 151 Å². The van der Waals surface area contributed by atoms with Crippen LogP contribution in [-0.2, 0) is 11.3 Å². The van der Waals surface area contributed by atoms with Crippen LogP contribution in [0.5, 0.6) is 5.75 Å². The summed E-state index contributed by atoms with van der Waals surface area (Å²) >= 11 is 0. The summed E-state index contributed by atoms with van der Waals surface area (Å²) in [5.41, 5.74) is 3.10. The van der Waals surface area contributed by atoms with Crippen LogP contribution in [0.4, 0.5) is 0 Å². The van der Waals surface area contributed by atoms with Crippen LogP contribution in [0.2, 0.25) is 0 Å². The van der Waals surface area contributed by atoms with E-state index in [0.717, 1.165) is 44.8 Å². The Kier molecular flexibility index (Phi) is 4.48. The lowest BCUT2D eigenvalue weighted by atomic mass is 9.72. The van der Waals surface area contributed by atoms with Gasteiger partial charge in [-0.05, 0) is 80.8 Å². The third kappa shape index (κ3) is 3.55. The van der Waals surface area contributed by atoms with Gasteiger partial charge in [-0.3, -0.25) is 9.69 Å². The highest BCUT2D eigenvalue weighted by atomic mass is 16.5. The van der Waals surface area contributed by atoms with Crippen LogP contribution in [0.3, 0.4) is 0 Å². The summed E-state index contributed by atoms with van der Waals surface area (Å²) in [5.74, 6) is 1.34. The van der Waals surface area contributed by atoms with Crippen LogP contribution in [0, 0.1) is 12.3 Å². The molecule has 0 unspecified atom stereocenters. The zero-order valence-electron chi connectivity index (χ0n) is 15.6. The highest BCUT2D eigenvalue weighted by molar-refractivity contribution is 5.77. The molecule has 4 rings (SSSR count). The molecule has 3 fully saturated rings. The van der Waals surface area contributed by atoms with E-state index < -0.39 is 0 Å². The molecule has 2 saturated heterocycles. The zero-order valence-corrected chi connectivity index (χ0v) is 15.6. The number of rotatable bonds is 4. The number of likely N-dealkylation sites (tertiary alicyclic amines) is 2. The third-order valence-corrected chi connectivity index (χ3v) is 6.54. The maximum atomic E-state index is 12.2. The molecule has 0 aromatic heterocycles. The van der Waals surface area contributed by atoms with E-state index in [0.29, 0.717) is 17.4 Å². The van der Waals surface area contributed by atoms with E-state index in [1.807, 2.05) is 0 Å². The van der Waals surface area contributed by atoms with Crippen molar-refractivity contribution in [3.05, 3.63) is 29.3 Å². The second-order valence-corrected chi connectivity index (χ2v) is 8.32. The van der Waals surface area contributed by atoms with E-state index >= 15 is 0 Å². The summed E-state index contributed by atoms with van der Waals surface area (Å²) in [4.78, 5) is 17.0. The summed E-state index contributed by atoms with van der Waals surface area (Å²) in [6, 6.07) is 6.96. The molecule has 0 bridgehead atoms. The smallest absolute Gasteiger partial charge is 0.222 e. The van der Waals surface area contributed by atoms with Gasteiger partial charge in [0.25, 0.3) is 0 Å². The summed E-state index contributed by atoms with van der Waals surface area (Å²) < 4.78 is 5.31. The first-order chi connectivity index (χ1) is 12.1. The molecule has 25 heavy (non-hydrogen) atoms. The Morgan fingerprint density at radius 1 is 1.20 bits per heavy atom. The molecule has 0 atom stereocenters. The van der Waals surface area contributed by atoms with Crippen LogP contribution in [-0.4, -0.2) is 48.5 Å². The summed E-state index contributed by atoms with van der Waals surface area (Å²) in [7, 11) is 1.72. The van der Waals surface area contributed by atoms with E-state index in [4.69, 9.17) is 4.74 Å². The van der Waals surface area contributed by atoms with Gasteiger partial charge in [-0.15, -0.1) is 0 Å². The maximum absolute atomic E-state index is 12.2. The second kappa shape index (κ2) is 6.64. The number of ether oxygens (including phenoxy) is 1. The van der Waals surface area contributed by atoms with Crippen LogP contribution in [0.25, 0.3) is 0 Å². The summed E-state index contributed by atoms with van der Waals surface area (Å²) in [5, 5.41) is 0. The molecular formula is C21H30N2O2. The highest BCUT2D eigenvalue weighted by Crippen LogP contribution is 2.43. The lowest BCUT2D eigenvalue weighted by Gasteiger charge is -2.47. The van der Waals surface area contributed by atoms with Crippen molar-refractivity contribution in [2.45, 2.75) is 58.0 Å². The van der Waals surface area contributed by atoms with E-state index in [2.05, 4.69) is 34.9 Å². The number of benzene rings is 1. The molecule has 1 aliphatic carbocycles. The molecule has 2 heterocycles. The van der Waals surface area contributed by atoms with Crippen LogP contribution < -0.4 is 4.74 Å². The molecule has 4 heteroatoms. The van der Waals surface area contributed by atoms with Gasteiger partial charge in [0.15, 0.2) is 0 Å². The van der Waals surface area contributed by atoms with Gasteiger partial charge in [0.05, 0.1) is 7.11 Å². The lowest BCUT2D eigenvalue weighted by Crippen LogP contribution is -2.52. The average Bonchev–Trinajstić information content (AvgIpc) is 3.46. The fraction of sp³-hybridized carbons (Fsp3) is 0.667. The number of hydrogen-bond acceptors (Lipinski definition) is 3. The molecule has 4 nitrogen and oxygen atoms in total. The minimum absolute atomic E-state index is 0.391. The molecule has 136 valence electrons. The van der Waals surface area contributed by atoms with Gasteiger partial charge in [0.1, 0.15) is 5.75 Å². The minimum atomic E-state index is 0.391. The number of amides is 1. The van der Waals surface area contributed by atoms with Crippen molar-refractivity contribution < 1.29 is 9.53 Å². The number of aryl methyl sites for hydroxylation is 1. The first kappa shape index (κ1) is 16.9. The molecular weight excluding hydrogens is 312 g/mol. The molecule has 1 spiro atoms. The van der Waals surface area contributed by atoms with Crippen molar-refractivity contribution in [3.8, 4) is 5.75 Å². The Morgan fingerprint density at radius 3 is 2.60 bits per heavy atom. The van der Waals surface area contributed by atoms with Crippen molar-refractivity contribution in [2.24, 2.45) is 5.41 Å². The van der Waals surface area contributed by atoms with Gasteiger partial charge in [0, 0.05) is 25.6 Å². The van der Waals surface area contributed by atoms with Gasteiger partial charge in [-0.2, -0.15) is 0 Å². The normalized spacial score (nSPS) is 23.9. The number of piperidine rings is 2. The second-order valence-electron chi connectivity index (χ2n) is 8.32. The van der Waals surface area contributed by atoms with Crippen molar-refractivity contribution in [3.63, 3.8) is 0 Å². The topological polar surface area (TPSA) is 32.8 Å². The number of methoxy groups -OCH3 is 1. The SMILES string of the molecule is COc1ccc(CN2CCC3(CCC(=O)N(C4CC4)C3)CC2)c(C)c1. The molecule has 3 aliphatic rings. The van der Waals surface area contributed by atoms with Crippen LogP contribution in [0.15, 0.2) is 18.2 Å². The number of carbonyl (C=O) groups excluding carboxylic acids is 1. The molecule has 1 aromatic carbocycles. The maximum Gasteiger partial charge on any atom is 0.222 e. The Morgan fingerprint density at radius 2 is 1.96 bits per heavy atom. The van der Waals surface area contributed by atoms with Crippen molar-refractivity contribution in [1.82, 2.24) is 9.80 Å². The molecule has 2 aliphatic heterocycles. The molecule has 1 saturated carbocycles. The third-order valence-electron chi connectivity index (χ3n) is 6.54. The van der Waals surface area contributed by atoms with E-state index in [1.54, 1.807) is 7.11 Å². The van der Waals surface area contributed by atoms with Gasteiger partial charge in [-0.1, -0.05) is 6.07 Å². The zero-order chi connectivity index (χ0) is 17.4. The lowest BCUT2D eigenvalue weighted by molar-refractivity contribution is -0.139. The van der Waals surface area contributed by atoms with Gasteiger partial charge in [-0.25, -0.2) is 0 Å². The molecule has 0 radical (unpaired) electrons. The average molecular weight is 342 g/mol. The van der Waals surface area contributed by atoms with Crippen molar-refractivity contribution in [1.29, 1.82) is 0 Å². The van der Waals surface area contributed by atoms with Crippen LogP contribution >= 0.6 is 0 Å². The largest absolute Gasteiger partial charge is 0.497 e.